The van der Waals surface area contributed by atoms with Gasteiger partial charge in [0.25, 0.3) is 0 Å². The van der Waals surface area contributed by atoms with E-state index in [0.717, 1.165) is 29.1 Å². The number of primary amides is 1. The van der Waals surface area contributed by atoms with Crippen LogP contribution in [0.4, 0.5) is 4.79 Å². The molecular weight excluding hydrogens is 344 g/mol. The number of benzene rings is 2. The molecule has 2 aromatic rings. The Hall–Kier alpha value is -2.99. The molecule has 0 unspecified atom stereocenters. The van der Waals surface area contributed by atoms with E-state index in [4.69, 9.17) is 15.2 Å². The SMILES string of the molecule is CCCCc1ccc(Oc2ccc3c(c2)C=C(CN(O)C(N)=O)CO3)cc1. The molecule has 0 aliphatic carbocycles. The molecule has 0 radical (unpaired) electrons. The Bertz CT molecular complexity index is 831. The lowest BCUT2D eigenvalue weighted by molar-refractivity contribution is -0.0321. The van der Waals surface area contributed by atoms with E-state index in [0.29, 0.717) is 10.8 Å². The molecule has 3 N–H and O–H groups in total. The first-order valence-corrected chi connectivity index (χ1v) is 9.04. The normalized spacial score (nSPS) is 12.6. The first-order valence-electron chi connectivity index (χ1n) is 9.04. The molecule has 0 aromatic heterocycles. The fraction of sp³-hybridized carbons (Fsp3) is 0.286. The average molecular weight is 368 g/mol. The highest BCUT2D eigenvalue weighted by atomic mass is 16.5. The van der Waals surface area contributed by atoms with E-state index in [2.05, 4.69) is 19.1 Å². The number of ether oxygens (including phenoxy) is 2. The van der Waals surface area contributed by atoms with Gasteiger partial charge in [0.2, 0.25) is 0 Å². The quantitative estimate of drug-likeness (QED) is 0.561. The molecule has 1 aliphatic rings. The third-order valence-electron chi connectivity index (χ3n) is 4.34. The van der Waals surface area contributed by atoms with Crippen LogP contribution < -0.4 is 15.2 Å². The molecule has 2 aromatic carbocycles. The topological polar surface area (TPSA) is 85.0 Å². The molecule has 6 heteroatoms. The predicted molar refractivity (Wildman–Crippen MR) is 103 cm³/mol. The van der Waals surface area contributed by atoms with E-state index >= 15 is 0 Å². The Kier molecular flexibility index (Phi) is 5.98. The van der Waals surface area contributed by atoms with Gasteiger partial charge < -0.3 is 15.2 Å². The zero-order valence-corrected chi connectivity index (χ0v) is 15.4. The number of nitrogens with two attached hydrogens (primary N) is 1. The Labute approximate surface area is 158 Å². The van der Waals surface area contributed by atoms with E-state index in [1.165, 1.54) is 18.4 Å². The second-order valence-corrected chi connectivity index (χ2v) is 6.54. The summed E-state index contributed by atoms with van der Waals surface area (Å²) in [6, 6.07) is 12.8. The third-order valence-corrected chi connectivity index (χ3v) is 4.34. The van der Waals surface area contributed by atoms with Crippen molar-refractivity contribution in [2.75, 3.05) is 13.2 Å². The van der Waals surface area contributed by atoms with Crippen LogP contribution in [0, 0.1) is 0 Å². The smallest absolute Gasteiger partial charge is 0.338 e. The van der Waals surface area contributed by atoms with Gasteiger partial charge in [-0.2, -0.15) is 0 Å². The number of unbranched alkanes of at least 4 members (excludes halogenated alkanes) is 1. The van der Waals surface area contributed by atoms with Crippen molar-refractivity contribution in [2.24, 2.45) is 5.73 Å². The minimum Gasteiger partial charge on any atom is -0.489 e. The molecule has 0 saturated carbocycles. The molecule has 0 atom stereocenters. The second kappa shape index (κ2) is 8.60. The maximum Gasteiger partial charge on any atom is 0.338 e. The summed E-state index contributed by atoms with van der Waals surface area (Å²) in [5.41, 5.74) is 7.91. The van der Waals surface area contributed by atoms with Crippen LogP contribution in [0.5, 0.6) is 17.2 Å². The van der Waals surface area contributed by atoms with Crippen molar-refractivity contribution in [3.8, 4) is 17.2 Å². The molecule has 0 fully saturated rings. The van der Waals surface area contributed by atoms with Crippen LogP contribution in [-0.4, -0.2) is 29.5 Å². The van der Waals surface area contributed by atoms with E-state index in [1.807, 2.05) is 36.4 Å². The summed E-state index contributed by atoms with van der Waals surface area (Å²) in [5.74, 6) is 2.18. The summed E-state index contributed by atoms with van der Waals surface area (Å²) < 4.78 is 11.6. The van der Waals surface area contributed by atoms with Crippen molar-refractivity contribution in [2.45, 2.75) is 26.2 Å². The first kappa shape index (κ1) is 18.8. The number of urea groups is 1. The molecule has 2 amide bonds. The standard InChI is InChI=1S/C21H24N2O4/c1-2-3-4-15-5-7-18(8-6-15)27-19-9-10-20-17(12-19)11-16(14-26-20)13-23(25)21(22)24/h5-12,25H,2-4,13-14H2,1H3,(H2,22,24). The van der Waals surface area contributed by atoms with Crippen molar-refractivity contribution in [3.63, 3.8) is 0 Å². The Morgan fingerprint density at radius 1 is 1.22 bits per heavy atom. The van der Waals surface area contributed by atoms with Gasteiger partial charge in [0.15, 0.2) is 0 Å². The fourth-order valence-corrected chi connectivity index (χ4v) is 2.87. The molecular formula is C21H24N2O4. The Balaban J connectivity index is 1.70. The van der Waals surface area contributed by atoms with E-state index in [1.54, 1.807) is 0 Å². The number of carbonyl (C=O) groups is 1. The molecule has 142 valence electrons. The summed E-state index contributed by atoms with van der Waals surface area (Å²) in [5, 5.41) is 9.95. The van der Waals surface area contributed by atoms with E-state index in [-0.39, 0.29) is 13.2 Å². The summed E-state index contributed by atoms with van der Waals surface area (Å²) in [7, 11) is 0. The lowest BCUT2D eigenvalue weighted by Crippen LogP contribution is -2.35. The number of carbonyl (C=O) groups excluding carboxylic acids is 1. The summed E-state index contributed by atoms with van der Waals surface area (Å²) in [6.07, 6.45) is 5.30. The first-order chi connectivity index (χ1) is 13.0. The highest BCUT2D eigenvalue weighted by Gasteiger charge is 2.16. The van der Waals surface area contributed by atoms with Gasteiger partial charge in [-0.05, 0) is 60.4 Å². The van der Waals surface area contributed by atoms with Gasteiger partial charge in [-0.3, -0.25) is 5.21 Å². The van der Waals surface area contributed by atoms with Crippen LogP contribution in [-0.2, 0) is 6.42 Å². The lowest BCUT2D eigenvalue weighted by atomic mass is 10.1. The number of aryl methyl sites for hydroxylation is 1. The molecule has 3 rings (SSSR count). The summed E-state index contributed by atoms with van der Waals surface area (Å²) in [6.45, 7) is 2.47. The van der Waals surface area contributed by atoms with Gasteiger partial charge in [0.05, 0.1) is 6.54 Å². The van der Waals surface area contributed by atoms with Crippen molar-refractivity contribution in [3.05, 3.63) is 59.2 Å². The fourth-order valence-electron chi connectivity index (χ4n) is 2.87. The molecule has 0 spiro atoms. The monoisotopic (exact) mass is 368 g/mol. The highest BCUT2D eigenvalue weighted by Crippen LogP contribution is 2.32. The number of hydroxylamine groups is 2. The molecule has 0 bridgehead atoms. The third kappa shape index (κ3) is 5.01. The summed E-state index contributed by atoms with van der Waals surface area (Å²) in [4.78, 5) is 11.0. The average Bonchev–Trinajstić information content (AvgIpc) is 2.67. The zero-order valence-electron chi connectivity index (χ0n) is 15.4. The predicted octanol–water partition coefficient (Wildman–Crippen LogP) is 4.37. The van der Waals surface area contributed by atoms with Gasteiger partial charge in [-0.15, -0.1) is 0 Å². The van der Waals surface area contributed by atoms with Crippen LogP contribution >= 0.6 is 0 Å². The highest BCUT2D eigenvalue weighted by molar-refractivity contribution is 5.72. The van der Waals surface area contributed by atoms with Gasteiger partial charge in [-0.1, -0.05) is 25.5 Å². The largest absolute Gasteiger partial charge is 0.489 e. The lowest BCUT2D eigenvalue weighted by Gasteiger charge is -2.21. The maximum absolute atomic E-state index is 11.0. The van der Waals surface area contributed by atoms with Crippen molar-refractivity contribution in [1.82, 2.24) is 5.06 Å². The number of hydrogen-bond donors (Lipinski definition) is 2. The van der Waals surface area contributed by atoms with Gasteiger partial charge in [0, 0.05) is 5.56 Å². The maximum atomic E-state index is 11.0. The Morgan fingerprint density at radius 2 is 1.96 bits per heavy atom. The van der Waals surface area contributed by atoms with Crippen molar-refractivity contribution >= 4 is 12.1 Å². The number of rotatable bonds is 7. The van der Waals surface area contributed by atoms with E-state index < -0.39 is 6.03 Å². The molecule has 6 nitrogen and oxygen atoms in total. The molecule has 27 heavy (non-hydrogen) atoms. The van der Waals surface area contributed by atoms with Gasteiger partial charge in [-0.25, -0.2) is 9.86 Å². The summed E-state index contributed by atoms with van der Waals surface area (Å²) >= 11 is 0. The van der Waals surface area contributed by atoms with Crippen LogP contribution in [0.25, 0.3) is 6.08 Å². The van der Waals surface area contributed by atoms with E-state index in [9.17, 15) is 10.0 Å². The molecule has 1 heterocycles. The van der Waals surface area contributed by atoms with Crippen molar-refractivity contribution in [1.29, 1.82) is 0 Å². The van der Waals surface area contributed by atoms with Gasteiger partial charge in [0.1, 0.15) is 23.9 Å². The number of nitrogens with zero attached hydrogens (tertiary/aromatic N) is 1. The van der Waals surface area contributed by atoms with Crippen LogP contribution in [0.15, 0.2) is 48.0 Å². The number of fused-ring (bicyclic) bond motifs is 1. The van der Waals surface area contributed by atoms with Gasteiger partial charge >= 0.3 is 6.03 Å². The van der Waals surface area contributed by atoms with Crippen LogP contribution in [0.2, 0.25) is 0 Å². The zero-order chi connectivity index (χ0) is 19.2. The van der Waals surface area contributed by atoms with Crippen LogP contribution in [0.1, 0.15) is 30.9 Å². The Morgan fingerprint density at radius 3 is 2.67 bits per heavy atom. The minimum atomic E-state index is -0.902. The van der Waals surface area contributed by atoms with Crippen molar-refractivity contribution < 1.29 is 19.5 Å². The molecule has 0 saturated heterocycles. The van der Waals surface area contributed by atoms with Crippen LogP contribution in [0.3, 0.4) is 0 Å². The number of hydrogen-bond acceptors (Lipinski definition) is 4. The molecule has 1 aliphatic heterocycles. The number of amides is 2. The second-order valence-electron chi connectivity index (χ2n) is 6.54. The minimum absolute atomic E-state index is 0.000912.